The minimum atomic E-state index is -0.536. The fraction of sp³-hybridized carbons (Fsp3) is 0.118. The van der Waals surface area contributed by atoms with Crippen LogP contribution in [0.15, 0.2) is 53.6 Å². The minimum absolute atomic E-state index is 0.0696. The Morgan fingerprint density at radius 2 is 1.83 bits per heavy atom. The molecule has 5 nitrogen and oxygen atoms in total. The van der Waals surface area contributed by atoms with Crippen molar-refractivity contribution in [1.82, 2.24) is 0 Å². The monoisotopic (exact) mass is 345 g/mol. The lowest BCUT2D eigenvalue weighted by molar-refractivity contribution is -0.118. The molecular formula is C17H13ClFN3O2. The molecule has 1 heterocycles. The summed E-state index contributed by atoms with van der Waals surface area (Å²) in [5.74, 6) is -1.29. The number of carbonyl (C=O) groups excluding carboxylic acids is 2. The SMILES string of the molecule is O=C(Nc1ccccc1F)C1=NN(c2ccc(Cl)cc2)C(=O)CC1. The fourth-order valence-corrected chi connectivity index (χ4v) is 2.38. The van der Waals surface area contributed by atoms with Gasteiger partial charge in [0.1, 0.15) is 11.5 Å². The zero-order valence-electron chi connectivity index (χ0n) is 12.5. The Morgan fingerprint density at radius 3 is 2.54 bits per heavy atom. The predicted octanol–water partition coefficient (Wildman–Crippen LogP) is 3.60. The molecule has 0 aromatic heterocycles. The Hall–Kier alpha value is -2.73. The summed E-state index contributed by atoms with van der Waals surface area (Å²) in [5, 5.41) is 8.28. The second-order valence-corrected chi connectivity index (χ2v) is 5.60. The third-order valence-corrected chi connectivity index (χ3v) is 3.74. The van der Waals surface area contributed by atoms with Crippen LogP contribution in [0.1, 0.15) is 12.8 Å². The summed E-state index contributed by atoms with van der Waals surface area (Å²) in [6.45, 7) is 0. The highest BCUT2D eigenvalue weighted by molar-refractivity contribution is 6.44. The van der Waals surface area contributed by atoms with Gasteiger partial charge in [0.25, 0.3) is 5.91 Å². The standard InChI is InChI=1S/C17H13ClFN3O2/c18-11-5-7-12(8-6-11)22-16(23)10-9-15(21-22)17(24)20-14-4-2-1-3-13(14)19/h1-8H,9-10H2,(H,20,24). The number of nitrogens with zero attached hydrogens (tertiary/aromatic N) is 2. The van der Waals surface area contributed by atoms with Gasteiger partial charge in [-0.15, -0.1) is 0 Å². The molecule has 0 atom stereocenters. The Bertz CT molecular complexity index is 821. The first-order chi connectivity index (χ1) is 11.5. The van der Waals surface area contributed by atoms with Crippen molar-refractivity contribution in [1.29, 1.82) is 0 Å². The molecule has 122 valence electrons. The molecule has 2 amide bonds. The maximum atomic E-state index is 13.6. The summed E-state index contributed by atoms with van der Waals surface area (Å²) in [5.41, 5.74) is 0.744. The van der Waals surface area contributed by atoms with Crippen molar-refractivity contribution in [2.45, 2.75) is 12.8 Å². The summed E-state index contributed by atoms with van der Waals surface area (Å²) in [6.07, 6.45) is 0.343. The van der Waals surface area contributed by atoms with Gasteiger partial charge in [-0.05, 0) is 36.4 Å². The summed E-state index contributed by atoms with van der Waals surface area (Å²) >= 11 is 5.83. The molecule has 0 saturated heterocycles. The second kappa shape index (κ2) is 6.80. The normalized spacial score (nSPS) is 14.3. The molecule has 0 unspecified atom stereocenters. The Morgan fingerprint density at radius 1 is 1.12 bits per heavy atom. The molecule has 7 heteroatoms. The molecular weight excluding hydrogens is 333 g/mol. The zero-order chi connectivity index (χ0) is 17.1. The van der Waals surface area contributed by atoms with E-state index in [0.29, 0.717) is 10.7 Å². The molecule has 1 aliphatic rings. The molecule has 3 rings (SSSR count). The highest BCUT2D eigenvalue weighted by atomic mass is 35.5. The molecule has 0 saturated carbocycles. The molecule has 0 spiro atoms. The lowest BCUT2D eigenvalue weighted by Crippen LogP contribution is -2.36. The number of hydrazone groups is 1. The highest BCUT2D eigenvalue weighted by Crippen LogP contribution is 2.23. The quantitative estimate of drug-likeness (QED) is 0.923. The minimum Gasteiger partial charge on any atom is -0.318 e. The van der Waals surface area contributed by atoms with Crippen LogP contribution < -0.4 is 10.3 Å². The molecule has 1 N–H and O–H groups in total. The molecule has 1 aliphatic heterocycles. The van der Waals surface area contributed by atoms with E-state index in [4.69, 9.17) is 11.6 Å². The highest BCUT2D eigenvalue weighted by Gasteiger charge is 2.26. The average Bonchev–Trinajstić information content (AvgIpc) is 2.58. The van der Waals surface area contributed by atoms with Gasteiger partial charge in [-0.3, -0.25) is 9.59 Å². The summed E-state index contributed by atoms with van der Waals surface area (Å²) < 4.78 is 13.6. The summed E-state index contributed by atoms with van der Waals surface area (Å²) in [4.78, 5) is 24.3. The molecule has 2 aromatic rings. The lowest BCUT2D eigenvalue weighted by Gasteiger charge is -2.23. The lowest BCUT2D eigenvalue weighted by atomic mass is 10.1. The van der Waals surface area contributed by atoms with Gasteiger partial charge in [-0.2, -0.15) is 5.10 Å². The smallest absolute Gasteiger partial charge is 0.271 e. The van der Waals surface area contributed by atoms with Crippen LogP contribution in [0.4, 0.5) is 15.8 Å². The number of carbonyl (C=O) groups is 2. The van der Waals surface area contributed by atoms with E-state index in [2.05, 4.69) is 10.4 Å². The van der Waals surface area contributed by atoms with Crippen molar-refractivity contribution in [2.75, 3.05) is 10.3 Å². The number of nitrogens with one attached hydrogen (secondary N) is 1. The first-order valence-corrected chi connectivity index (χ1v) is 7.64. The maximum absolute atomic E-state index is 13.6. The van der Waals surface area contributed by atoms with E-state index in [9.17, 15) is 14.0 Å². The second-order valence-electron chi connectivity index (χ2n) is 5.16. The first kappa shape index (κ1) is 16.1. The van der Waals surface area contributed by atoms with Gasteiger partial charge in [0.15, 0.2) is 0 Å². The van der Waals surface area contributed by atoms with Crippen LogP contribution in [-0.4, -0.2) is 17.5 Å². The predicted molar refractivity (Wildman–Crippen MR) is 90.6 cm³/mol. The number of hydrogen-bond acceptors (Lipinski definition) is 3. The maximum Gasteiger partial charge on any atom is 0.271 e. The van der Waals surface area contributed by atoms with Crippen LogP contribution >= 0.6 is 11.6 Å². The van der Waals surface area contributed by atoms with Crippen LogP contribution in [0, 0.1) is 5.82 Å². The molecule has 24 heavy (non-hydrogen) atoms. The van der Waals surface area contributed by atoms with Crippen LogP contribution in [0.2, 0.25) is 5.02 Å². The van der Waals surface area contributed by atoms with Crippen molar-refractivity contribution < 1.29 is 14.0 Å². The number of benzene rings is 2. The Kier molecular flexibility index (Phi) is 4.57. The van der Waals surface area contributed by atoms with Gasteiger partial charge in [-0.1, -0.05) is 23.7 Å². The molecule has 0 radical (unpaired) electrons. The van der Waals surface area contributed by atoms with Gasteiger partial charge < -0.3 is 5.32 Å². The van der Waals surface area contributed by atoms with Crippen LogP contribution in [0.3, 0.4) is 0 Å². The van der Waals surface area contributed by atoms with E-state index in [1.807, 2.05) is 0 Å². The molecule has 0 bridgehead atoms. The molecule has 2 aromatic carbocycles. The van der Waals surface area contributed by atoms with Crippen LogP contribution in [-0.2, 0) is 9.59 Å². The topological polar surface area (TPSA) is 61.8 Å². The molecule has 0 aliphatic carbocycles. The number of amides is 2. The van der Waals surface area contributed by atoms with Gasteiger partial charge in [-0.25, -0.2) is 9.40 Å². The third kappa shape index (κ3) is 3.44. The van der Waals surface area contributed by atoms with E-state index < -0.39 is 11.7 Å². The zero-order valence-corrected chi connectivity index (χ0v) is 13.3. The number of para-hydroxylation sites is 1. The van der Waals surface area contributed by atoms with Gasteiger partial charge >= 0.3 is 0 Å². The van der Waals surface area contributed by atoms with E-state index in [1.165, 1.54) is 18.2 Å². The van der Waals surface area contributed by atoms with Crippen LogP contribution in [0.25, 0.3) is 0 Å². The average molecular weight is 346 g/mol. The van der Waals surface area contributed by atoms with Gasteiger partial charge in [0.2, 0.25) is 5.91 Å². The number of anilines is 2. The fourth-order valence-electron chi connectivity index (χ4n) is 2.26. The van der Waals surface area contributed by atoms with Gasteiger partial charge in [0.05, 0.1) is 11.4 Å². The van der Waals surface area contributed by atoms with Crippen molar-refractivity contribution in [3.8, 4) is 0 Å². The number of hydrogen-bond donors (Lipinski definition) is 1. The van der Waals surface area contributed by atoms with Crippen molar-refractivity contribution in [3.63, 3.8) is 0 Å². The van der Waals surface area contributed by atoms with Gasteiger partial charge in [0, 0.05) is 17.9 Å². The van der Waals surface area contributed by atoms with E-state index in [-0.39, 0.29) is 30.1 Å². The van der Waals surface area contributed by atoms with Crippen molar-refractivity contribution in [3.05, 3.63) is 59.4 Å². The summed E-state index contributed by atoms with van der Waals surface area (Å²) in [7, 11) is 0. The Labute approximate surface area is 142 Å². The molecule has 0 fully saturated rings. The largest absolute Gasteiger partial charge is 0.318 e. The van der Waals surface area contributed by atoms with E-state index >= 15 is 0 Å². The third-order valence-electron chi connectivity index (χ3n) is 3.49. The summed E-state index contributed by atoms with van der Waals surface area (Å²) in [6, 6.07) is 12.4. The number of halogens is 2. The Balaban J connectivity index is 1.83. The van der Waals surface area contributed by atoms with Crippen molar-refractivity contribution >= 4 is 40.5 Å². The number of rotatable bonds is 3. The van der Waals surface area contributed by atoms with E-state index in [1.54, 1.807) is 30.3 Å². The van der Waals surface area contributed by atoms with Crippen LogP contribution in [0.5, 0.6) is 0 Å². The van der Waals surface area contributed by atoms with Crippen molar-refractivity contribution in [2.24, 2.45) is 5.10 Å². The first-order valence-electron chi connectivity index (χ1n) is 7.26. The van der Waals surface area contributed by atoms with E-state index in [0.717, 1.165) is 5.01 Å².